The van der Waals surface area contributed by atoms with Crippen molar-refractivity contribution in [3.05, 3.63) is 30.3 Å². The predicted molar refractivity (Wildman–Crippen MR) is 67.8 cm³/mol. The molecular weight excluding hydrogens is 214 g/mol. The first-order valence-corrected chi connectivity index (χ1v) is 6.11. The first-order valence-electron chi connectivity index (χ1n) is 6.11. The molecular formula is C14H19NO2. The highest BCUT2D eigenvalue weighted by Gasteiger charge is 2.47. The molecule has 1 fully saturated rings. The Morgan fingerprint density at radius 1 is 1.41 bits per heavy atom. The van der Waals surface area contributed by atoms with Gasteiger partial charge in [0, 0.05) is 5.69 Å². The van der Waals surface area contributed by atoms with E-state index in [1.807, 2.05) is 30.3 Å². The second kappa shape index (κ2) is 4.78. The van der Waals surface area contributed by atoms with Crippen LogP contribution in [0.5, 0.6) is 0 Å². The van der Waals surface area contributed by atoms with Crippen LogP contribution in [0.3, 0.4) is 0 Å². The molecule has 1 aromatic carbocycles. The Morgan fingerprint density at radius 3 is 2.65 bits per heavy atom. The van der Waals surface area contributed by atoms with E-state index in [9.17, 15) is 4.79 Å². The SMILES string of the molecule is COC(=O)C1(Nc2ccccc2)CCCC1C. The summed E-state index contributed by atoms with van der Waals surface area (Å²) in [6.45, 7) is 2.11. The van der Waals surface area contributed by atoms with E-state index in [1.54, 1.807) is 0 Å². The molecule has 17 heavy (non-hydrogen) atoms. The number of rotatable bonds is 3. The lowest BCUT2D eigenvalue weighted by Crippen LogP contribution is -2.49. The van der Waals surface area contributed by atoms with Crippen LogP contribution in [0.4, 0.5) is 5.69 Å². The number of ether oxygens (including phenoxy) is 1. The molecule has 0 bridgehead atoms. The van der Waals surface area contributed by atoms with E-state index in [0.717, 1.165) is 24.9 Å². The van der Waals surface area contributed by atoms with Gasteiger partial charge in [0.25, 0.3) is 0 Å². The fraction of sp³-hybridized carbons (Fsp3) is 0.500. The van der Waals surface area contributed by atoms with E-state index in [1.165, 1.54) is 7.11 Å². The fourth-order valence-electron chi connectivity index (χ4n) is 2.68. The molecule has 3 nitrogen and oxygen atoms in total. The Balaban J connectivity index is 2.26. The van der Waals surface area contributed by atoms with Crippen molar-refractivity contribution in [2.75, 3.05) is 12.4 Å². The Bertz CT molecular complexity index is 390. The van der Waals surface area contributed by atoms with Gasteiger partial charge in [-0.1, -0.05) is 31.5 Å². The predicted octanol–water partition coefficient (Wildman–Crippen LogP) is 2.83. The van der Waals surface area contributed by atoms with Gasteiger partial charge in [0.05, 0.1) is 7.11 Å². The second-order valence-electron chi connectivity index (χ2n) is 4.75. The molecule has 0 amide bonds. The second-order valence-corrected chi connectivity index (χ2v) is 4.75. The van der Waals surface area contributed by atoms with Gasteiger partial charge in [-0.2, -0.15) is 0 Å². The number of nitrogens with one attached hydrogen (secondary N) is 1. The third kappa shape index (κ3) is 2.14. The molecule has 0 heterocycles. The van der Waals surface area contributed by atoms with Gasteiger partial charge in [-0.25, -0.2) is 4.79 Å². The topological polar surface area (TPSA) is 38.3 Å². The molecule has 0 radical (unpaired) electrons. The summed E-state index contributed by atoms with van der Waals surface area (Å²) >= 11 is 0. The van der Waals surface area contributed by atoms with Gasteiger partial charge in [0.2, 0.25) is 0 Å². The van der Waals surface area contributed by atoms with E-state index in [-0.39, 0.29) is 5.97 Å². The molecule has 2 unspecified atom stereocenters. The summed E-state index contributed by atoms with van der Waals surface area (Å²) in [5.41, 5.74) is 0.433. The van der Waals surface area contributed by atoms with Crippen molar-refractivity contribution in [3.63, 3.8) is 0 Å². The summed E-state index contributed by atoms with van der Waals surface area (Å²) < 4.78 is 4.98. The Hall–Kier alpha value is -1.51. The fourth-order valence-corrected chi connectivity index (χ4v) is 2.68. The molecule has 1 aliphatic carbocycles. The van der Waals surface area contributed by atoms with Crippen molar-refractivity contribution >= 4 is 11.7 Å². The maximum atomic E-state index is 12.1. The van der Waals surface area contributed by atoms with Crippen molar-refractivity contribution in [3.8, 4) is 0 Å². The first kappa shape index (κ1) is 12.0. The molecule has 92 valence electrons. The molecule has 1 aliphatic rings. The summed E-state index contributed by atoms with van der Waals surface area (Å²) in [6, 6.07) is 9.86. The maximum absolute atomic E-state index is 12.1. The third-order valence-corrected chi connectivity index (χ3v) is 3.74. The van der Waals surface area contributed by atoms with Gasteiger partial charge in [-0.05, 0) is 30.9 Å². The largest absolute Gasteiger partial charge is 0.467 e. The minimum Gasteiger partial charge on any atom is -0.467 e. The lowest BCUT2D eigenvalue weighted by molar-refractivity contribution is -0.147. The van der Waals surface area contributed by atoms with Crippen LogP contribution in [0, 0.1) is 5.92 Å². The highest BCUT2D eigenvalue weighted by molar-refractivity contribution is 5.85. The lowest BCUT2D eigenvalue weighted by Gasteiger charge is -2.32. The quantitative estimate of drug-likeness (QED) is 0.816. The van der Waals surface area contributed by atoms with Crippen LogP contribution >= 0.6 is 0 Å². The van der Waals surface area contributed by atoms with E-state index in [4.69, 9.17) is 4.74 Å². The summed E-state index contributed by atoms with van der Waals surface area (Å²) in [5.74, 6) is 0.154. The Kier molecular flexibility index (Phi) is 3.36. The van der Waals surface area contributed by atoms with Crippen molar-refractivity contribution in [1.82, 2.24) is 0 Å². The van der Waals surface area contributed by atoms with E-state index in [0.29, 0.717) is 5.92 Å². The van der Waals surface area contributed by atoms with Crippen LogP contribution in [-0.4, -0.2) is 18.6 Å². The summed E-state index contributed by atoms with van der Waals surface area (Å²) in [5, 5.41) is 3.38. The molecule has 3 heteroatoms. The van der Waals surface area contributed by atoms with Gasteiger partial charge in [0.15, 0.2) is 0 Å². The van der Waals surface area contributed by atoms with Gasteiger partial charge in [-0.3, -0.25) is 0 Å². The Labute approximate surface area is 102 Å². The first-order chi connectivity index (χ1) is 8.19. The number of hydrogen-bond acceptors (Lipinski definition) is 3. The summed E-state index contributed by atoms with van der Waals surface area (Å²) in [6.07, 6.45) is 2.97. The smallest absolute Gasteiger partial charge is 0.331 e. The van der Waals surface area contributed by atoms with Crippen molar-refractivity contribution in [2.24, 2.45) is 5.92 Å². The number of para-hydroxylation sites is 1. The molecule has 1 N–H and O–H groups in total. The van der Waals surface area contributed by atoms with Crippen LogP contribution in [0.25, 0.3) is 0 Å². The molecule has 0 aliphatic heterocycles. The zero-order chi connectivity index (χ0) is 12.3. The van der Waals surface area contributed by atoms with Gasteiger partial charge in [0.1, 0.15) is 5.54 Å². The van der Waals surface area contributed by atoms with Crippen molar-refractivity contribution < 1.29 is 9.53 Å². The zero-order valence-electron chi connectivity index (χ0n) is 10.4. The molecule has 2 atom stereocenters. The highest BCUT2D eigenvalue weighted by Crippen LogP contribution is 2.39. The third-order valence-electron chi connectivity index (χ3n) is 3.74. The normalized spacial score (nSPS) is 27.8. The number of hydrogen-bond donors (Lipinski definition) is 1. The van der Waals surface area contributed by atoms with Crippen LogP contribution in [0.15, 0.2) is 30.3 Å². The van der Waals surface area contributed by atoms with E-state index < -0.39 is 5.54 Å². The van der Waals surface area contributed by atoms with Crippen molar-refractivity contribution in [1.29, 1.82) is 0 Å². The molecule has 2 rings (SSSR count). The Morgan fingerprint density at radius 2 is 2.12 bits per heavy atom. The minimum absolute atomic E-state index is 0.147. The van der Waals surface area contributed by atoms with Crippen LogP contribution in [0.1, 0.15) is 26.2 Å². The van der Waals surface area contributed by atoms with Crippen LogP contribution < -0.4 is 5.32 Å². The number of esters is 1. The summed E-state index contributed by atoms with van der Waals surface area (Å²) in [7, 11) is 1.46. The van der Waals surface area contributed by atoms with Gasteiger partial charge in [-0.15, -0.1) is 0 Å². The number of carbonyl (C=O) groups excluding carboxylic acids is 1. The monoisotopic (exact) mass is 233 g/mol. The highest BCUT2D eigenvalue weighted by atomic mass is 16.5. The summed E-state index contributed by atoms with van der Waals surface area (Å²) in [4.78, 5) is 12.1. The minimum atomic E-state index is -0.546. The number of benzene rings is 1. The van der Waals surface area contributed by atoms with Crippen molar-refractivity contribution in [2.45, 2.75) is 31.7 Å². The maximum Gasteiger partial charge on any atom is 0.331 e. The average Bonchev–Trinajstić information content (AvgIpc) is 2.72. The number of carbonyl (C=O) groups is 1. The van der Waals surface area contributed by atoms with Crippen LogP contribution in [0.2, 0.25) is 0 Å². The zero-order valence-corrected chi connectivity index (χ0v) is 10.4. The van der Waals surface area contributed by atoms with Gasteiger partial charge < -0.3 is 10.1 Å². The molecule has 0 saturated heterocycles. The van der Waals surface area contributed by atoms with E-state index in [2.05, 4.69) is 12.2 Å². The number of methoxy groups -OCH3 is 1. The molecule has 0 spiro atoms. The molecule has 0 aromatic heterocycles. The standard InChI is InChI=1S/C14H19NO2/c1-11-7-6-10-14(11,13(16)17-2)15-12-8-4-3-5-9-12/h3-5,8-9,11,15H,6-7,10H2,1-2H3. The van der Waals surface area contributed by atoms with Crippen LogP contribution in [-0.2, 0) is 9.53 Å². The van der Waals surface area contributed by atoms with E-state index >= 15 is 0 Å². The number of anilines is 1. The van der Waals surface area contributed by atoms with Gasteiger partial charge >= 0.3 is 5.97 Å². The lowest BCUT2D eigenvalue weighted by atomic mass is 9.88. The average molecular weight is 233 g/mol. The molecule has 1 aromatic rings. The molecule has 1 saturated carbocycles.